The van der Waals surface area contributed by atoms with Gasteiger partial charge in [-0.1, -0.05) is 18.2 Å². The first-order valence-corrected chi connectivity index (χ1v) is 9.63. The molecule has 0 aliphatic heterocycles. The Morgan fingerprint density at radius 2 is 1.66 bits per heavy atom. The maximum atomic E-state index is 12.9. The maximum absolute atomic E-state index is 12.9. The molecule has 0 aliphatic rings. The van der Waals surface area contributed by atoms with E-state index in [1.807, 2.05) is 0 Å². The number of benzene rings is 3. The number of carbonyl (C=O) groups excluding carboxylic acids is 1. The van der Waals surface area contributed by atoms with Gasteiger partial charge in [-0.15, -0.1) is 0 Å². The molecule has 0 aliphatic carbocycles. The molecule has 0 fully saturated rings. The minimum Gasteiger partial charge on any atom is -0.497 e. The third-order valence-corrected chi connectivity index (χ3v) is 4.66. The summed E-state index contributed by atoms with van der Waals surface area (Å²) in [5, 5.41) is 0. The van der Waals surface area contributed by atoms with E-state index in [1.54, 1.807) is 55.7 Å². The zero-order chi connectivity index (χ0) is 23.1. The van der Waals surface area contributed by atoms with Crippen LogP contribution in [0.1, 0.15) is 27.0 Å². The third-order valence-electron chi connectivity index (χ3n) is 4.66. The zero-order valence-corrected chi connectivity index (χ0v) is 17.5. The van der Waals surface area contributed by atoms with E-state index in [1.165, 1.54) is 25.3 Å². The van der Waals surface area contributed by atoms with Crippen molar-refractivity contribution in [2.24, 2.45) is 0 Å². The molecule has 7 heteroatoms. The summed E-state index contributed by atoms with van der Waals surface area (Å²) in [5.41, 5.74) is 1.08. The van der Waals surface area contributed by atoms with Crippen molar-refractivity contribution in [3.05, 3.63) is 95.1 Å². The Kier molecular flexibility index (Phi) is 7.20. The smallest absolute Gasteiger partial charge is 0.416 e. The topological polar surface area (TPSA) is 44.8 Å². The van der Waals surface area contributed by atoms with E-state index in [4.69, 9.17) is 14.2 Å². The molecule has 0 N–H and O–H groups in total. The monoisotopic (exact) mass is 442 g/mol. The van der Waals surface area contributed by atoms with Crippen LogP contribution < -0.4 is 14.2 Å². The average Bonchev–Trinajstić information content (AvgIpc) is 2.81. The second kappa shape index (κ2) is 10.0. The van der Waals surface area contributed by atoms with Crippen molar-refractivity contribution < 1.29 is 32.2 Å². The van der Waals surface area contributed by atoms with Gasteiger partial charge >= 0.3 is 6.18 Å². The number of ketones is 1. The van der Waals surface area contributed by atoms with Crippen molar-refractivity contribution in [2.45, 2.75) is 12.8 Å². The van der Waals surface area contributed by atoms with Crippen molar-refractivity contribution in [1.82, 2.24) is 0 Å². The highest BCUT2D eigenvalue weighted by Gasteiger charge is 2.30. The Hall–Kier alpha value is -3.74. The first-order chi connectivity index (χ1) is 15.3. The minimum absolute atomic E-state index is 0.00140. The van der Waals surface area contributed by atoms with E-state index in [0.29, 0.717) is 22.6 Å². The molecule has 0 heterocycles. The Bertz CT molecular complexity index is 1100. The number of rotatable bonds is 8. The summed E-state index contributed by atoms with van der Waals surface area (Å²) >= 11 is 0. The summed E-state index contributed by atoms with van der Waals surface area (Å²) in [6, 6.07) is 16.7. The van der Waals surface area contributed by atoms with Crippen LogP contribution in [-0.2, 0) is 12.8 Å². The van der Waals surface area contributed by atoms with Gasteiger partial charge in [-0.3, -0.25) is 4.79 Å². The Labute approximate surface area is 183 Å². The van der Waals surface area contributed by atoms with Crippen LogP contribution in [0.3, 0.4) is 0 Å². The molecule has 0 bridgehead atoms. The van der Waals surface area contributed by atoms with Gasteiger partial charge in [-0.2, -0.15) is 13.2 Å². The van der Waals surface area contributed by atoms with Gasteiger partial charge in [0.2, 0.25) is 0 Å². The molecule has 0 radical (unpaired) electrons. The second-order valence-electron chi connectivity index (χ2n) is 6.81. The van der Waals surface area contributed by atoms with E-state index < -0.39 is 11.7 Å². The predicted molar refractivity (Wildman–Crippen MR) is 115 cm³/mol. The van der Waals surface area contributed by atoms with Crippen molar-refractivity contribution >= 4 is 11.9 Å². The Morgan fingerprint density at radius 3 is 2.31 bits per heavy atom. The van der Waals surface area contributed by atoms with Crippen LogP contribution >= 0.6 is 0 Å². The number of allylic oxidation sites excluding steroid dienone is 1. The summed E-state index contributed by atoms with van der Waals surface area (Å²) in [5.74, 6) is 1.10. The molecular formula is C25H21F3O4. The molecule has 3 aromatic carbocycles. The molecule has 0 atom stereocenters. The van der Waals surface area contributed by atoms with Crippen molar-refractivity contribution in [2.75, 3.05) is 14.2 Å². The summed E-state index contributed by atoms with van der Waals surface area (Å²) in [4.78, 5) is 12.4. The summed E-state index contributed by atoms with van der Waals surface area (Å²) in [6.45, 7) is -0.00140. The molecule has 32 heavy (non-hydrogen) atoms. The van der Waals surface area contributed by atoms with E-state index in [2.05, 4.69) is 0 Å². The standard InChI is InChI=1S/C25H21F3O4/c1-30-21-10-8-18(9-11-21)23(29)12-6-17-7-13-24(31-2)19(14-17)16-32-22-5-3-4-20(15-22)25(26,27)28/h3-15H,16H2,1-2H3/b12-6+. The minimum atomic E-state index is -4.45. The molecule has 0 spiro atoms. The van der Waals surface area contributed by atoms with Gasteiger partial charge in [0, 0.05) is 11.1 Å². The highest BCUT2D eigenvalue weighted by Crippen LogP contribution is 2.32. The largest absolute Gasteiger partial charge is 0.497 e. The highest BCUT2D eigenvalue weighted by atomic mass is 19.4. The van der Waals surface area contributed by atoms with E-state index in [-0.39, 0.29) is 18.1 Å². The van der Waals surface area contributed by atoms with Gasteiger partial charge in [0.15, 0.2) is 5.78 Å². The Morgan fingerprint density at radius 1 is 0.906 bits per heavy atom. The van der Waals surface area contributed by atoms with Crippen LogP contribution in [-0.4, -0.2) is 20.0 Å². The number of methoxy groups -OCH3 is 2. The summed E-state index contributed by atoms with van der Waals surface area (Å²) < 4.78 is 54.7. The van der Waals surface area contributed by atoms with Crippen LogP contribution in [0.5, 0.6) is 17.2 Å². The number of alkyl halides is 3. The lowest BCUT2D eigenvalue weighted by Gasteiger charge is -2.13. The zero-order valence-electron chi connectivity index (χ0n) is 17.5. The summed E-state index contributed by atoms with van der Waals surface area (Å²) in [7, 11) is 3.04. The molecular weight excluding hydrogens is 421 g/mol. The molecule has 0 saturated heterocycles. The van der Waals surface area contributed by atoms with Crippen molar-refractivity contribution in [3.8, 4) is 17.2 Å². The molecule has 0 saturated carbocycles. The van der Waals surface area contributed by atoms with Crippen LogP contribution in [0.15, 0.2) is 72.8 Å². The van der Waals surface area contributed by atoms with Crippen molar-refractivity contribution in [1.29, 1.82) is 0 Å². The fourth-order valence-corrected chi connectivity index (χ4v) is 2.96. The van der Waals surface area contributed by atoms with E-state index in [0.717, 1.165) is 17.7 Å². The van der Waals surface area contributed by atoms with Gasteiger partial charge in [-0.05, 0) is 66.2 Å². The van der Waals surface area contributed by atoms with Crippen LogP contribution in [0.4, 0.5) is 13.2 Å². The number of ether oxygens (including phenoxy) is 3. The SMILES string of the molecule is COc1ccc(C(=O)/C=C/c2ccc(OC)c(COc3cccc(C(F)(F)F)c3)c2)cc1. The lowest BCUT2D eigenvalue weighted by molar-refractivity contribution is -0.137. The van der Waals surface area contributed by atoms with E-state index in [9.17, 15) is 18.0 Å². The number of hydrogen-bond acceptors (Lipinski definition) is 4. The summed E-state index contributed by atoms with van der Waals surface area (Å²) in [6.07, 6.45) is -1.35. The quantitative estimate of drug-likeness (QED) is 0.308. The second-order valence-corrected chi connectivity index (χ2v) is 6.81. The predicted octanol–water partition coefficient (Wildman–Crippen LogP) is 6.20. The lowest BCUT2D eigenvalue weighted by Crippen LogP contribution is -2.05. The Balaban J connectivity index is 1.73. The first-order valence-electron chi connectivity index (χ1n) is 9.63. The van der Waals surface area contributed by atoms with Gasteiger partial charge in [0.25, 0.3) is 0 Å². The molecule has 3 rings (SSSR count). The highest BCUT2D eigenvalue weighted by molar-refractivity contribution is 6.06. The molecule has 0 aromatic heterocycles. The van der Waals surface area contributed by atoms with Gasteiger partial charge in [0.05, 0.1) is 19.8 Å². The molecule has 0 unspecified atom stereocenters. The molecule has 166 valence electrons. The normalized spacial score (nSPS) is 11.4. The average molecular weight is 442 g/mol. The third kappa shape index (κ3) is 5.91. The van der Waals surface area contributed by atoms with Crippen molar-refractivity contribution in [3.63, 3.8) is 0 Å². The molecule has 4 nitrogen and oxygen atoms in total. The van der Waals surface area contributed by atoms with Crippen LogP contribution in [0, 0.1) is 0 Å². The van der Waals surface area contributed by atoms with E-state index >= 15 is 0 Å². The maximum Gasteiger partial charge on any atom is 0.416 e. The van der Waals surface area contributed by atoms with Gasteiger partial charge in [0.1, 0.15) is 23.9 Å². The fraction of sp³-hybridized carbons (Fsp3) is 0.160. The molecule has 0 amide bonds. The van der Waals surface area contributed by atoms with Crippen LogP contribution in [0.2, 0.25) is 0 Å². The fourth-order valence-electron chi connectivity index (χ4n) is 2.96. The van der Waals surface area contributed by atoms with Gasteiger partial charge in [-0.25, -0.2) is 0 Å². The number of halogens is 3. The van der Waals surface area contributed by atoms with Gasteiger partial charge < -0.3 is 14.2 Å². The number of carbonyl (C=O) groups is 1. The van der Waals surface area contributed by atoms with Crippen LogP contribution in [0.25, 0.3) is 6.08 Å². The number of hydrogen-bond donors (Lipinski definition) is 0. The lowest BCUT2D eigenvalue weighted by atomic mass is 10.1. The first kappa shape index (κ1) is 22.9. The molecule has 3 aromatic rings.